The Labute approximate surface area is 105 Å². The normalized spacial score (nSPS) is 14.6. The number of nitrogens with one attached hydrogen (secondary N) is 1. The largest absolute Gasteiger partial charge is 0.480 e. The summed E-state index contributed by atoms with van der Waals surface area (Å²) in [4.78, 5) is 15.4. The van der Waals surface area contributed by atoms with Gasteiger partial charge in [-0.1, -0.05) is 12.1 Å². The molecule has 2 atom stereocenters. The van der Waals surface area contributed by atoms with Crippen LogP contribution >= 0.6 is 0 Å². The number of carbonyl (C=O) groups is 1. The van der Waals surface area contributed by atoms with Crippen LogP contribution < -0.4 is 5.32 Å². The van der Waals surface area contributed by atoms with E-state index < -0.39 is 12.0 Å². The number of aryl methyl sites for hydroxylation is 1. The second-order valence-corrected chi connectivity index (χ2v) is 4.47. The van der Waals surface area contributed by atoms with Gasteiger partial charge in [0.2, 0.25) is 0 Å². The molecule has 0 spiro atoms. The van der Waals surface area contributed by atoms with Crippen molar-refractivity contribution in [2.45, 2.75) is 25.9 Å². The van der Waals surface area contributed by atoms with Crippen LogP contribution in [0.15, 0.2) is 24.3 Å². The highest BCUT2D eigenvalue weighted by atomic mass is 16.4. The highest BCUT2D eigenvalue weighted by molar-refractivity contribution is 5.76. The number of fused-ring (bicyclic) bond motifs is 1. The van der Waals surface area contributed by atoms with Crippen LogP contribution in [0, 0.1) is 0 Å². The fraction of sp³-hybridized carbons (Fsp3) is 0.385. The molecule has 1 unspecified atom stereocenters. The first kappa shape index (κ1) is 12.6. The molecule has 0 aliphatic rings. The Morgan fingerprint density at radius 1 is 1.39 bits per heavy atom. The zero-order valence-corrected chi connectivity index (χ0v) is 10.7. The van der Waals surface area contributed by atoms with Crippen molar-refractivity contribution in [3.8, 4) is 0 Å². The molecule has 5 heteroatoms. The van der Waals surface area contributed by atoms with E-state index in [1.807, 2.05) is 42.8 Å². The molecule has 0 saturated heterocycles. The van der Waals surface area contributed by atoms with E-state index in [1.54, 1.807) is 6.92 Å². The summed E-state index contributed by atoms with van der Waals surface area (Å²) in [6.07, 6.45) is 0. The molecule has 2 rings (SSSR count). The van der Waals surface area contributed by atoms with Crippen molar-refractivity contribution in [3.05, 3.63) is 30.1 Å². The predicted molar refractivity (Wildman–Crippen MR) is 69.4 cm³/mol. The van der Waals surface area contributed by atoms with E-state index in [0.29, 0.717) is 0 Å². The van der Waals surface area contributed by atoms with Gasteiger partial charge in [-0.05, 0) is 26.0 Å². The van der Waals surface area contributed by atoms with E-state index in [-0.39, 0.29) is 6.04 Å². The van der Waals surface area contributed by atoms with Crippen LogP contribution in [0.2, 0.25) is 0 Å². The minimum Gasteiger partial charge on any atom is -0.480 e. The SMILES string of the molecule is CC(N[C@@H](C)C(=O)O)c1nc2ccccc2n1C. The van der Waals surface area contributed by atoms with E-state index >= 15 is 0 Å². The van der Waals surface area contributed by atoms with Crippen molar-refractivity contribution in [2.75, 3.05) is 0 Å². The molecule has 0 saturated carbocycles. The number of carboxylic acid groups (broad SMARTS) is 1. The van der Waals surface area contributed by atoms with Crippen LogP contribution in [-0.2, 0) is 11.8 Å². The number of nitrogens with zero attached hydrogens (tertiary/aromatic N) is 2. The lowest BCUT2D eigenvalue weighted by atomic mass is 10.2. The number of hydrogen-bond acceptors (Lipinski definition) is 3. The zero-order valence-electron chi connectivity index (χ0n) is 10.7. The van der Waals surface area contributed by atoms with Crippen molar-refractivity contribution in [1.82, 2.24) is 14.9 Å². The van der Waals surface area contributed by atoms with E-state index in [2.05, 4.69) is 10.3 Å². The van der Waals surface area contributed by atoms with Crippen LogP contribution in [0.1, 0.15) is 25.7 Å². The van der Waals surface area contributed by atoms with Crippen LogP contribution in [0.4, 0.5) is 0 Å². The average molecular weight is 247 g/mol. The first-order valence-corrected chi connectivity index (χ1v) is 5.91. The highest BCUT2D eigenvalue weighted by Gasteiger charge is 2.19. The van der Waals surface area contributed by atoms with Gasteiger partial charge in [0.1, 0.15) is 11.9 Å². The molecule has 2 N–H and O–H groups in total. The summed E-state index contributed by atoms with van der Waals surface area (Å²) in [6.45, 7) is 3.54. The smallest absolute Gasteiger partial charge is 0.320 e. The number of aromatic nitrogens is 2. The Kier molecular flexibility index (Phi) is 3.34. The fourth-order valence-corrected chi connectivity index (χ4v) is 2.07. The van der Waals surface area contributed by atoms with Gasteiger partial charge in [0.05, 0.1) is 17.1 Å². The molecule has 0 amide bonds. The third-order valence-corrected chi connectivity index (χ3v) is 3.08. The number of rotatable bonds is 4. The maximum Gasteiger partial charge on any atom is 0.320 e. The Morgan fingerprint density at radius 2 is 2.06 bits per heavy atom. The van der Waals surface area contributed by atoms with E-state index in [9.17, 15) is 4.79 Å². The van der Waals surface area contributed by atoms with E-state index in [1.165, 1.54) is 0 Å². The van der Waals surface area contributed by atoms with Crippen LogP contribution in [0.3, 0.4) is 0 Å². The summed E-state index contributed by atoms with van der Waals surface area (Å²) < 4.78 is 1.99. The van der Waals surface area contributed by atoms with Crippen molar-refractivity contribution in [1.29, 1.82) is 0 Å². The van der Waals surface area contributed by atoms with Crippen LogP contribution in [-0.4, -0.2) is 26.7 Å². The molecule has 1 aromatic carbocycles. The molecule has 1 aromatic heterocycles. The van der Waals surface area contributed by atoms with Crippen molar-refractivity contribution >= 4 is 17.0 Å². The number of para-hydroxylation sites is 2. The van der Waals surface area contributed by atoms with E-state index in [0.717, 1.165) is 16.9 Å². The summed E-state index contributed by atoms with van der Waals surface area (Å²) in [5.74, 6) is -0.0232. The third kappa shape index (κ3) is 2.22. The molecule has 0 aliphatic heterocycles. The lowest BCUT2D eigenvalue weighted by molar-refractivity contribution is -0.139. The maximum atomic E-state index is 10.8. The first-order chi connectivity index (χ1) is 8.50. The number of imidazole rings is 1. The molecular weight excluding hydrogens is 230 g/mol. The molecule has 5 nitrogen and oxygen atoms in total. The number of aliphatic carboxylic acids is 1. The van der Waals surface area contributed by atoms with Gasteiger partial charge in [-0.2, -0.15) is 0 Å². The lowest BCUT2D eigenvalue weighted by Gasteiger charge is -2.16. The first-order valence-electron chi connectivity index (χ1n) is 5.91. The maximum absolute atomic E-state index is 10.8. The molecule has 0 fully saturated rings. The van der Waals surface area contributed by atoms with Crippen molar-refractivity contribution in [3.63, 3.8) is 0 Å². The van der Waals surface area contributed by atoms with Gasteiger partial charge in [0.15, 0.2) is 0 Å². The molecule has 96 valence electrons. The number of carboxylic acids is 1. The zero-order chi connectivity index (χ0) is 13.3. The second-order valence-electron chi connectivity index (χ2n) is 4.47. The monoisotopic (exact) mass is 247 g/mol. The lowest BCUT2D eigenvalue weighted by Crippen LogP contribution is -2.36. The average Bonchev–Trinajstić information content (AvgIpc) is 2.67. The van der Waals surface area contributed by atoms with Crippen LogP contribution in [0.5, 0.6) is 0 Å². The van der Waals surface area contributed by atoms with Crippen LogP contribution in [0.25, 0.3) is 11.0 Å². The van der Waals surface area contributed by atoms with Gasteiger partial charge in [-0.25, -0.2) is 4.98 Å². The number of hydrogen-bond donors (Lipinski definition) is 2. The quantitative estimate of drug-likeness (QED) is 0.863. The summed E-state index contributed by atoms with van der Waals surface area (Å²) in [6, 6.07) is 7.14. The summed E-state index contributed by atoms with van der Waals surface area (Å²) >= 11 is 0. The summed E-state index contributed by atoms with van der Waals surface area (Å²) in [7, 11) is 1.94. The fourth-order valence-electron chi connectivity index (χ4n) is 2.07. The minimum atomic E-state index is -0.861. The minimum absolute atomic E-state index is 0.117. The Morgan fingerprint density at radius 3 is 2.67 bits per heavy atom. The van der Waals surface area contributed by atoms with Crippen molar-refractivity contribution < 1.29 is 9.90 Å². The molecular formula is C13H17N3O2. The predicted octanol–water partition coefficient (Wildman–Crippen LogP) is 1.70. The second kappa shape index (κ2) is 4.78. The van der Waals surface area contributed by atoms with Gasteiger partial charge < -0.3 is 9.67 Å². The topological polar surface area (TPSA) is 67.2 Å². The van der Waals surface area contributed by atoms with Gasteiger partial charge in [-0.15, -0.1) is 0 Å². The number of benzene rings is 1. The molecule has 1 heterocycles. The van der Waals surface area contributed by atoms with Gasteiger partial charge >= 0.3 is 5.97 Å². The molecule has 0 bridgehead atoms. The summed E-state index contributed by atoms with van der Waals surface area (Å²) in [5, 5.41) is 11.9. The third-order valence-electron chi connectivity index (χ3n) is 3.08. The molecule has 18 heavy (non-hydrogen) atoms. The van der Waals surface area contributed by atoms with Crippen molar-refractivity contribution in [2.24, 2.45) is 7.05 Å². The molecule has 0 radical (unpaired) electrons. The Bertz CT molecular complexity index is 577. The van der Waals surface area contributed by atoms with E-state index in [4.69, 9.17) is 5.11 Å². The van der Waals surface area contributed by atoms with Gasteiger partial charge in [0.25, 0.3) is 0 Å². The Hall–Kier alpha value is -1.88. The summed E-state index contributed by atoms with van der Waals surface area (Å²) in [5.41, 5.74) is 1.97. The van der Waals surface area contributed by atoms with Gasteiger partial charge in [0, 0.05) is 7.05 Å². The molecule has 2 aromatic rings. The highest BCUT2D eigenvalue weighted by Crippen LogP contribution is 2.19. The standard InChI is InChI=1S/C13H17N3O2/c1-8(14-9(2)13(17)18)12-15-10-6-4-5-7-11(10)16(12)3/h4-9,14H,1-3H3,(H,17,18)/t8?,9-/m0/s1. The van der Waals surface area contributed by atoms with Gasteiger partial charge in [-0.3, -0.25) is 10.1 Å². The Balaban J connectivity index is 2.30. The molecule has 0 aliphatic carbocycles.